The molecule has 18 heavy (non-hydrogen) atoms. The van der Waals surface area contributed by atoms with Gasteiger partial charge in [-0.1, -0.05) is 26.8 Å². The van der Waals surface area contributed by atoms with E-state index in [2.05, 4.69) is 30.7 Å². The lowest BCUT2D eigenvalue weighted by molar-refractivity contribution is -0.136. The summed E-state index contributed by atoms with van der Waals surface area (Å²) in [5, 5.41) is 8.68. The van der Waals surface area contributed by atoms with Gasteiger partial charge in [0.1, 0.15) is 5.82 Å². The van der Waals surface area contributed by atoms with Crippen molar-refractivity contribution in [3.8, 4) is 0 Å². The Morgan fingerprint density at radius 2 is 2.11 bits per heavy atom. The molecule has 1 aromatic heterocycles. The number of hydrogen-bond acceptors (Lipinski definition) is 2. The van der Waals surface area contributed by atoms with E-state index in [1.807, 2.05) is 18.2 Å². The number of benzene rings is 1. The topological polar surface area (TPSA) is 66.0 Å². The van der Waals surface area contributed by atoms with Gasteiger partial charge in [0.25, 0.3) is 0 Å². The standard InChI is InChI=1S/C14H18N2O2/c1-14(2,3)13-15-10-6-4-9(5-7-12(17)18)8-11(10)16-13/h4,6,8H,5,7H2,1-3H3,(H,15,16)(H,17,18). The van der Waals surface area contributed by atoms with E-state index in [4.69, 9.17) is 5.11 Å². The van der Waals surface area contributed by atoms with Gasteiger partial charge in [-0.15, -0.1) is 0 Å². The van der Waals surface area contributed by atoms with Gasteiger partial charge in [-0.25, -0.2) is 4.98 Å². The fourth-order valence-corrected chi connectivity index (χ4v) is 1.82. The molecule has 0 unspecified atom stereocenters. The van der Waals surface area contributed by atoms with Gasteiger partial charge in [-0.2, -0.15) is 0 Å². The number of aliphatic carboxylic acids is 1. The minimum atomic E-state index is -0.768. The SMILES string of the molecule is CC(C)(C)c1nc2ccc(CCC(=O)O)cc2[nH]1. The number of aromatic amines is 1. The van der Waals surface area contributed by atoms with Gasteiger partial charge in [-0.05, 0) is 24.1 Å². The molecular formula is C14H18N2O2. The van der Waals surface area contributed by atoms with Crippen LogP contribution in [0.25, 0.3) is 11.0 Å². The van der Waals surface area contributed by atoms with Gasteiger partial charge >= 0.3 is 5.97 Å². The molecule has 1 heterocycles. The summed E-state index contributed by atoms with van der Waals surface area (Å²) in [6.07, 6.45) is 0.709. The number of H-pyrrole nitrogens is 1. The van der Waals surface area contributed by atoms with Crippen molar-refractivity contribution in [2.75, 3.05) is 0 Å². The fraction of sp³-hybridized carbons (Fsp3) is 0.429. The first-order valence-electron chi connectivity index (χ1n) is 6.07. The highest BCUT2D eigenvalue weighted by Gasteiger charge is 2.18. The first-order valence-corrected chi connectivity index (χ1v) is 6.07. The van der Waals surface area contributed by atoms with Crippen LogP contribution in [0.3, 0.4) is 0 Å². The summed E-state index contributed by atoms with van der Waals surface area (Å²) in [6, 6.07) is 5.87. The lowest BCUT2D eigenvalue weighted by Gasteiger charge is -2.13. The zero-order chi connectivity index (χ0) is 13.3. The summed E-state index contributed by atoms with van der Waals surface area (Å²) >= 11 is 0. The Labute approximate surface area is 106 Å². The second kappa shape index (κ2) is 4.44. The Balaban J connectivity index is 2.31. The number of rotatable bonds is 3. The first-order chi connectivity index (χ1) is 8.36. The highest BCUT2D eigenvalue weighted by Crippen LogP contribution is 2.23. The Bertz CT molecular complexity index is 579. The molecule has 0 aliphatic carbocycles. The van der Waals surface area contributed by atoms with Crippen molar-refractivity contribution in [1.29, 1.82) is 0 Å². The number of aryl methyl sites for hydroxylation is 1. The van der Waals surface area contributed by atoms with Crippen LogP contribution in [-0.4, -0.2) is 21.0 Å². The molecule has 1 aromatic carbocycles. The summed E-state index contributed by atoms with van der Waals surface area (Å²) in [7, 11) is 0. The van der Waals surface area contributed by atoms with E-state index in [0.717, 1.165) is 22.4 Å². The van der Waals surface area contributed by atoms with Crippen LogP contribution in [0.15, 0.2) is 18.2 Å². The Morgan fingerprint density at radius 1 is 1.39 bits per heavy atom. The number of nitrogens with zero attached hydrogens (tertiary/aromatic N) is 1. The summed E-state index contributed by atoms with van der Waals surface area (Å²) in [4.78, 5) is 18.4. The average Bonchev–Trinajstić information content (AvgIpc) is 2.68. The minimum absolute atomic E-state index is 0.0136. The Morgan fingerprint density at radius 3 is 2.72 bits per heavy atom. The van der Waals surface area contributed by atoms with Gasteiger partial charge in [0.15, 0.2) is 0 Å². The minimum Gasteiger partial charge on any atom is -0.481 e. The second-order valence-electron chi connectivity index (χ2n) is 5.58. The lowest BCUT2D eigenvalue weighted by Crippen LogP contribution is -2.12. The van der Waals surface area contributed by atoms with Gasteiger partial charge in [0.05, 0.1) is 11.0 Å². The quantitative estimate of drug-likeness (QED) is 0.875. The molecule has 0 fully saturated rings. The third kappa shape index (κ3) is 2.70. The monoisotopic (exact) mass is 246 g/mol. The molecule has 4 heteroatoms. The number of carboxylic acid groups (broad SMARTS) is 1. The predicted octanol–water partition coefficient (Wildman–Crippen LogP) is 2.88. The summed E-state index contributed by atoms with van der Waals surface area (Å²) in [6.45, 7) is 6.32. The molecule has 2 N–H and O–H groups in total. The zero-order valence-electron chi connectivity index (χ0n) is 10.9. The van der Waals surface area contributed by atoms with Crippen LogP contribution < -0.4 is 0 Å². The van der Waals surface area contributed by atoms with Crippen LogP contribution in [0.5, 0.6) is 0 Å². The summed E-state index contributed by atoms with van der Waals surface area (Å²) in [5.74, 6) is 0.183. The van der Waals surface area contributed by atoms with Crippen molar-refractivity contribution in [2.45, 2.75) is 39.0 Å². The molecule has 0 atom stereocenters. The van der Waals surface area contributed by atoms with Crippen molar-refractivity contribution in [3.05, 3.63) is 29.6 Å². The fourth-order valence-electron chi connectivity index (χ4n) is 1.82. The van der Waals surface area contributed by atoms with Crippen molar-refractivity contribution in [3.63, 3.8) is 0 Å². The normalized spacial score (nSPS) is 11.9. The molecule has 4 nitrogen and oxygen atoms in total. The Kier molecular flexibility index (Phi) is 3.11. The molecular weight excluding hydrogens is 228 g/mol. The van der Waals surface area contributed by atoms with Crippen LogP contribution in [0.1, 0.15) is 38.6 Å². The van der Waals surface area contributed by atoms with Gasteiger partial charge in [0, 0.05) is 11.8 Å². The Hall–Kier alpha value is -1.84. The van der Waals surface area contributed by atoms with E-state index >= 15 is 0 Å². The van der Waals surface area contributed by atoms with E-state index in [-0.39, 0.29) is 11.8 Å². The molecule has 0 saturated carbocycles. The third-order valence-electron chi connectivity index (χ3n) is 2.88. The van der Waals surface area contributed by atoms with Crippen LogP contribution in [0, 0.1) is 0 Å². The molecule has 0 bridgehead atoms. The molecule has 0 radical (unpaired) electrons. The molecule has 0 aliphatic heterocycles. The van der Waals surface area contributed by atoms with Crippen molar-refractivity contribution in [2.24, 2.45) is 0 Å². The van der Waals surface area contributed by atoms with E-state index < -0.39 is 5.97 Å². The van der Waals surface area contributed by atoms with Gasteiger partial charge in [-0.3, -0.25) is 4.79 Å². The van der Waals surface area contributed by atoms with E-state index in [9.17, 15) is 4.79 Å². The smallest absolute Gasteiger partial charge is 0.303 e. The van der Waals surface area contributed by atoms with Crippen molar-refractivity contribution in [1.82, 2.24) is 9.97 Å². The maximum atomic E-state index is 10.6. The molecule has 0 saturated heterocycles. The zero-order valence-corrected chi connectivity index (χ0v) is 10.9. The van der Waals surface area contributed by atoms with Crippen LogP contribution in [0.4, 0.5) is 0 Å². The number of fused-ring (bicyclic) bond motifs is 1. The maximum absolute atomic E-state index is 10.6. The molecule has 2 rings (SSSR count). The number of aromatic nitrogens is 2. The maximum Gasteiger partial charge on any atom is 0.303 e. The molecule has 0 amide bonds. The number of carboxylic acids is 1. The van der Waals surface area contributed by atoms with E-state index in [1.54, 1.807) is 0 Å². The van der Waals surface area contributed by atoms with Crippen LogP contribution in [-0.2, 0) is 16.6 Å². The number of carbonyl (C=O) groups is 1. The summed E-state index contributed by atoms with van der Waals surface area (Å²) in [5.41, 5.74) is 2.91. The number of hydrogen-bond donors (Lipinski definition) is 2. The first kappa shape index (κ1) is 12.6. The van der Waals surface area contributed by atoms with Crippen LogP contribution in [0.2, 0.25) is 0 Å². The average molecular weight is 246 g/mol. The lowest BCUT2D eigenvalue weighted by atomic mass is 9.96. The molecule has 2 aromatic rings. The van der Waals surface area contributed by atoms with E-state index in [0.29, 0.717) is 6.42 Å². The number of nitrogens with one attached hydrogen (secondary N) is 1. The van der Waals surface area contributed by atoms with E-state index in [1.165, 1.54) is 0 Å². The highest BCUT2D eigenvalue weighted by molar-refractivity contribution is 5.76. The largest absolute Gasteiger partial charge is 0.481 e. The van der Waals surface area contributed by atoms with Crippen molar-refractivity contribution >= 4 is 17.0 Å². The number of imidazole rings is 1. The molecule has 0 spiro atoms. The molecule has 0 aliphatic rings. The third-order valence-corrected chi connectivity index (χ3v) is 2.88. The van der Waals surface area contributed by atoms with Gasteiger partial charge < -0.3 is 10.1 Å². The molecule has 96 valence electrons. The second-order valence-corrected chi connectivity index (χ2v) is 5.58. The van der Waals surface area contributed by atoms with Gasteiger partial charge in [0.2, 0.25) is 0 Å². The predicted molar refractivity (Wildman–Crippen MR) is 70.8 cm³/mol. The van der Waals surface area contributed by atoms with Crippen molar-refractivity contribution < 1.29 is 9.90 Å². The highest BCUT2D eigenvalue weighted by atomic mass is 16.4. The summed E-state index contributed by atoms with van der Waals surface area (Å²) < 4.78 is 0. The van der Waals surface area contributed by atoms with Crippen LogP contribution >= 0.6 is 0 Å².